The summed E-state index contributed by atoms with van der Waals surface area (Å²) in [6.45, 7) is 4.00. The maximum absolute atomic E-state index is 11.8. The lowest BCUT2D eigenvalue weighted by Crippen LogP contribution is -2.07. The molecule has 1 aromatic heterocycles. The van der Waals surface area contributed by atoms with Crippen LogP contribution in [0, 0.1) is 6.92 Å². The molecule has 0 radical (unpaired) electrons. The Kier molecular flexibility index (Phi) is 7.17. The number of ether oxygens (including phenoxy) is 3. The van der Waals surface area contributed by atoms with Crippen LogP contribution < -0.4 is 15.2 Å². The van der Waals surface area contributed by atoms with Crippen LogP contribution in [0.4, 0.5) is 5.69 Å². The standard InChI is InChI=1S/C21H23N3O4S2/c1-4-27-19(25)10-13-5-7-17(26-3)18(9-13)28-16-8-6-14(22)11-15(16)20(29)21-24-23-12(2)30-21/h5-9,11,20,29H,4,10,22H2,1-3H3. The van der Waals surface area contributed by atoms with Crippen molar-refractivity contribution in [3.05, 3.63) is 57.5 Å². The third kappa shape index (κ3) is 5.22. The molecule has 7 nitrogen and oxygen atoms in total. The summed E-state index contributed by atoms with van der Waals surface area (Å²) in [7, 11) is 1.56. The number of rotatable bonds is 8. The number of hydrogen-bond acceptors (Lipinski definition) is 9. The van der Waals surface area contributed by atoms with Gasteiger partial charge in [0.2, 0.25) is 0 Å². The number of aromatic nitrogens is 2. The topological polar surface area (TPSA) is 96.6 Å². The third-order valence-electron chi connectivity index (χ3n) is 4.21. The number of anilines is 1. The van der Waals surface area contributed by atoms with Gasteiger partial charge in [-0.2, -0.15) is 12.6 Å². The first-order valence-corrected chi connectivity index (χ1v) is 10.6. The van der Waals surface area contributed by atoms with Crippen molar-refractivity contribution in [3.8, 4) is 17.2 Å². The number of benzene rings is 2. The van der Waals surface area contributed by atoms with Gasteiger partial charge >= 0.3 is 5.97 Å². The van der Waals surface area contributed by atoms with Crippen LogP contribution >= 0.6 is 24.0 Å². The lowest BCUT2D eigenvalue weighted by molar-refractivity contribution is -0.142. The monoisotopic (exact) mass is 445 g/mol. The van der Waals surface area contributed by atoms with E-state index in [0.717, 1.165) is 21.1 Å². The predicted octanol–water partition coefficient (Wildman–Crippen LogP) is 4.35. The van der Waals surface area contributed by atoms with E-state index < -0.39 is 0 Å². The number of methoxy groups -OCH3 is 1. The lowest BCUT2D eigenvalue weighted by Gasteiger charge is -2.17. The first-order valence-electron chi connectivity index (χ1n) is 9.29. The minimum absolute atomic E-state index is 0.141. The Balaban J connectivity index is 1.94. The summed E-state index contributed by atoms with van der Waals surface area (Å²) in [5.41, 5.74) is 8.10. The van der Waals surface area contributed by atoms with Crippen molar-refractivity contribution in [1.29, 1.82) is 0 Å². The molecule has 0 saturated carbocycles. The van der Waals surface area contributed by atoms with Crippen molar-refractivity contribution >= 4 is 35.6 Å². The summed E-state index contributed by atoms with van der Waals surface area (Å²) >= 11 is 6.19. The highest BCUT2D eigenvalue weighted by molar-refractivity contribution is 7.81. The summed E-state index contributed by atoms with van der Waals surface area (Å²) < 4.78 is 16.7. The number of carbonyl (C=O) groups excluding carboxylic acids is 1. The van der Waals surface area contributed by atoms with Crippen molar-refractivity contribution in [2.45, 2.75) is 25.5 Å². The van der Waals surface area contributed by atoms with Gasteiger partial charge in [0.1, 0.15) is 15.8 Å². The average Bonchev–Trinajstić information content (AvgIpc) is 3.15. The maximum atomic E-state index is 11.8. The first-order chi connectivity index (χ1) is 14.4. The molecule has 158 valence electrons. The molecular weight excluding hydrogens is 422 g/mol. The van der Waals surface area contributed by atoms with Crippen molar-refractivity contribution in [1.82, 2.24) is 10.2 Å². The highest BCUT2D eigenvalue weighted by Crippen LogP contribution is 2.41. The minimum atomic E-state index is -0.358. The Labute approximate surface area is 184 Å². The smallest absolute Gasteiger partial charge is 0.310 e. The van der Waals surface area contributed by atoms with Gasteiger partial charge in [-0.15, -0.1) is 21.5 Å². The summed E-state index contributed by atoms with van der Waals surface area (Å²) in [6.07, 6.45) is 0.141. The number of carbonyl (C=O) groups is 1. The number of nitrogens with two attached hydrogens (primary N) is 1. The normalized spacial score (nSPS) is 11.7. The van der Waals surface area contributed by atoms with Gasteiger partial charge in [0, 0.05) is 11.3 Å². The van der Waals surface area contributed by atoms with Gasteiger partial charge in [0.15, 0.2) is 11.5 Å². The van der Waals surface area contributed by atoms with E-state index in [-0.39, 0.29) is 17.6 Å². The fraction of sp³-hybridized carbons (Fsp3) is 0.286. The van der Waals surface area contributed by atoms with Gasteiger partial charge in [0.25, 0.3) is 0 Å². The van der Waals surface area contributed by atoms with Crippen LogP contribution in [-0.4, -0.2) is 29.9 Å². The molecule has 0 bridgehead atoms. The van der Waals surface area contributed by atoms with Crippen LogP contribution in [0.3, 0.4) is 0 Å². The molecule has 3 aromatic rings. The minimum Gasteiger partial charge on any atom is -0.493 e. The second-order valence-electron chi connectivity index (χ2n) is 6.43. The van der Waals surface area contributed by atoms with E-state index in [0.29, 0.717) is 29.5 Å². The molecule has 0 spiro atoms. The van der Waals surface area contributed by atoms with Crippen LogP contribution in [0.5, 0.6) is 17.2 Å². The quantitative estimate of drug-likeness (QED) is 0.302. The SMILES string of the molecule is CCOC(=O)Cc1ccc(OC)c(Oc2ccc(N)cc2C(S)c2nnc(C)s2)c1. The van der Waals surface area contributed by atoms with E-state index in [9.17, 15) is 4.79 Å². The molecular formula is C21H23N3O4S2. The summed E-state index contributed by atoms with van der Waals surface area (Å²) in [5.74, 6) is 1.26. The van der Waals surface area contributed by atoms with Crippen molar-refractivity contribution in [2.75, 3.05) is 19.5 Å². The molecule has 2 aromatic carbocycles. The van der Waals surface area contributed by atoms with E-state index in [1.165, 1.54) is 11.3 Å². The molecule has 0 saturated heterocycles. The zero-order valence-corrected chi connectivity index (χ0v) is 18.6. The predicted molar refractivity (Wildman–Crippen MR) is 120 cm³/mol. The number of nitrogens with zero attached hydrogens (tertiary/aromatic N) is 2. The van der Waals surface area contributed by atoms with Crippen molar-refractivity contribution in [3.63, 3.8) is 0 Å². The Hall–Kier alpha value is -2.78. The molecule has 1 atom stereocenters. The van der Waals surface area contributed by atoms with Crippen LogP contribution in [-0.2, 0) is 16.0 Å². The molecule has 0 amide bonds. The number of hydrogen-bond donors (Lipinski definition) is 2. The Morgan fingerprint density at radius 1 is 1.17 bits per heavy atom. The van der Waals surface area contributed by atoms with Crippen LogP contribution in [0.15, 0.2) is 36.4 Å². The van der Waals surface area contributed by atoms with Gasteiger partial charge in [-0.05, 0) is 49.7 Å². The van der Waals surface area contributed by atoms with Crippen molar-refractivity contribution < 1.29 is 19.0 Å². The zero-order valence-electron chi connectivity index (χ0n) is 16.9. The van der Waals surface area contributed by atoms with E-state index in [4.69, 9.17) is 32.6 Å². The Morgan fingerprint density at radius 2 is 1.93 bits per heavy atom. The van der Waals surface area contributed by atoms with Gasteiger partial charge in [-0.3, -0.25) is 4.79 Å². The number of nitrogen functional groups attached to an aromatic ring is 1. The molecule has 1 heterocycles. The van der Waals surface area contributed by atoms with E-state index in [1.807, 2.05) is 6.92 Å². The second-order valence-corrected chi connectivity index (χ2v) is 8.16. The van der Waals surface area contributed by atoms with Crippen molar-refractivity contribution in [2.24, 2.45) is 0 Å². The van der Waals surface area contributed by atoms with Gasteiger partial charge in [-0.1, -0.05) is 6.07 Å². The molecule has 1 unspecified atom stereocenters. The van der Waals surface area contributed by atoms with Crippen LogP contribution in [0.1, 0.15) is 33.3 Å². The Morgan fingerprint density at radius 3 is 2.60 bits per heavy atom. The summed E-state index contributed by atoms with van der Waals surface area (Å²) in [6, 6.07) is 10.7. The highest BCUT2D eigenvalue weighted by Gasteiger charge is 2.20. The van der Waals surface area contributed by atoms with E-state index in [1.54, 1.807) is 50.4 Å². The van der Waals surface area contributed by atoms with Gasteiger partial charge < -0.3 is 19.9 Å². The Bertz CT molecular complexity index is 1040. The van der Waals surface area contributed by atoms with Crippen LogP contribution in [0.25, 0.3) is 0 Å². The highest BCUT2D eigenvalue weighted by atomic mass is 32.1. The first kappa shape index (κ1) is 21.9. The van der Waals surface area contributed by atoms with E-state index >= 15 is 0 Å². The molecule has 0 aliphatic rings. The van der Waals surface area contributed by atoms with Crippen LogP contribution in [0.2, 0.25) is 0 Å². The fourth-order valence-corrected chi connectivity index (χ4v) is 3.95. The molecule has 0 aliphatic heterocycles. The molecule has 0 fully saturated rings. The largest absolute Gasteiger partial charge is 0.493 e. The number of aryl methyl sites for hydroxylation is 1. The molecule has 0 aliphatic carbocycles. The molecule has 2 N–H and O–H groups in total. The summed E-state index contributed by atoms with van der Waals surface area (Å²) in [5, 5.41) is 9.49. The molecule has 30 heavy (non-hydrogen) atoms. The number of thiol groups is 1. The molecule has 3 rings (SSSR count). The van der Waals surface area contributed by atoms with E-state index in [2.05, 4.69) is 10.2 Å². The fourth-order valence-electron chi connectivity index (χ4n) is 2.84. The second kappa shape index (κ2) is 9.82. The summed E-state index contributed by atoms with van der Waals surface area (Å²) in [4.78, 5) is 11.8. The maximum Gasteiger partial charge on any atom is 0.310 e. The molecule has 9 heteroatoms. The third-order valence-corrected chi connectivity index (χ3v) is 5.81. The average molecular weight is 446 g/mol. The lowest BCUT2D eigenvalue weighted by atomic mass is 10.1. The van der Waals surface area contributed by atoms with Gasteiger partial charge in [0.05, 0.1) is 25.4 Å². The number of esters is 1. The zero-order chi connectivity index (χ0) is 21.7. The van der Waals surface area contributed by atoms with Gasteiger partial charge in [-0.25, -0.2) is 0 Å².